The van der Waals surface area contributed by atoms with E-state index in [1.54, 1.807) is 0 Å². The minimum Gasteiger partial charge on any atom is -0.309 e. The van der Waals surface area contributed by atoms with Gasteiger partial charge in [0.25, 0.3) is 0 Å². The molecule has 0 spiro atoms. The van der Waals surface area contributed by atoms with E-state index in [1.165, 1.54) is 20.5 Å². The molecule has 3 heteroatoms. The number of pyridine rings is 1. The molecule has 1 N–H and O–H groups in total. The van der Waals surface area contributed by atoms with Gasteiger partial charge >= 0.3 is 0 Å². The van der Waals surface area contributed by atoms with E-state index in [1.807, 2.05) is 17.5 Å². The molecule has 0 amide bonds. The lowest BCUT2D eigenvalue weighted by Gasteiger charge is -2.16. The molecule has 21 heavy (non-hydrogen) atoms. The molecule has 2 heterocycles. The fourth-order valence-electron chi connectivity index (χ4n) is 2.52. The summed E-state index contributed by atoms with van der Waals surface area (Å²) in [6, 6.07) is 15.5. The van der Waals surface area contributed by atoms with E-state index < -0.39 is 0 Å². The standard InChI is InChI=1S/C18H20N2S/c1-3-19-16(11-15-9-8-13(2)12-20-15)18-10-14-6-4-5-7-17(14)21-18/h4-10,12,16,19H,3,11H2,1-2H3. The van der Waals surface area contributed by atoms with Crippen LogP contribution >= 0.6 is 11.3 Å². The molecule has 0 aliphatic carbocycles. The van der Waals surface area contributed by atoms with Crippen molar-refractivity contribution in [2.45, 2.75) is 26.3 Å². The van der Waals surface area contributed by atoms with Crippen molar-refractivity contribution in [3.05, 3.63) is 64.8 Å². The number of hydrogen-bond acceptors (Lipinski definition) is 3. The van der Waals surface area contributed by atoms with Crippen LogP contribution in [0.2, 0.25) is 0 Å². The first-order valence-electron chi connectivity index (χ1n) is 7.39. The quantitative estimate of drug-likeness (QED) is 0.750. The molecule has 1 aromatic carbocycles. The number of nitrogens with one attached hydrogen (secondary N) is 1. The van der Waals surface area contributed by atoms with Gasteiger partial charge in [-0.1, -0.05) is 31.2 Å². The molecule has 0 bridgehead atoms. The molecular weight excluding hydrogens is 276 g/mol. The highest BCUT2D eigenvalue weighted by atomic mass is 32.1. The molecule has 2 nitrogen and oxygen atoms in total. The number of thiophene rings is 1. The van der Waals surface area contributed by atoms with E-state index in [4.69, 9.17) is 0 Å². The van der Waals surface area contributed by atoms with Gasteiger partial charge in [0.15, 0.2) is 0 Å². The summed E-state index contributed by atoms with van der Waals surface area (Å²) in [5.74, 6) is 0. The Labute approximate surface area is 129 Å². The maximum Gasteiger partial charge on any atom is 0.0471 e. The normalized spacial score (nSPS) is 12.7. The van der Waals surface area contributed by atoms with Gasteiger partial charge in [0.05, 0.1) is 0 Å². The third kappa shape index (κ3) is 3.31. The Morgan fingerprint density at radius 1 is 1.19 bits per heavy atom. The number of aryl methyl sites for hydroxylation is 1. The van der Waals surface area contributed by atoms with Crippen LogP contribution in [0.4, 0.5) is 0 Å². The van der Waals surface area contributed by atoms with Crippen molar-refractivity contribution in [2.24, 2.45) is 0 Å². The molecule has 0 aliphatic rings. The molecule has 2 aromatic heterocycles. The van der Waals surface area contributed by atoms with Crippen LogP contribution in [0.3, 0.4) is 0 Å². The van der Waals surface area contributed by atoms with Crippen molar-refractivity contribution in [2.75, 3.05) is 6.54 Å². The minimum absolute atomic E-state index is 0.336. The van der Waals surface area contributed by atoms with Gasteiger partial charge in [-0.25, -0.2) is 0 Å². The Hall–Kier alpha value is -1.71. The van der Waals surface area contributed by atoms with Crippen molar-refractivity contribution in [1.29, 1.82) is 0 Å². The topological polar surface area (TPSA) is 24.9 Å². The second-order valence-corrected chi connectivity index (χ2v) is 6.44. The monoisotopic (exact) mass is 296 g/mol. The van der Waals surface area contributed by atoms with Crippen LogP contribution in [-0.4, -0.2) is 11.5 Å². The number of fused-ring (bicyclic) bond motifs is 1. The van der Waals surface area contributed by atoms with Crippen LogP contribution in [0.5, 0.6) is 0 Å². The van der Waals surface area contributed by atoms with Gasteiger partial charge in [0.2, 0.25) is 0 Å². The van der Waals surface area contributed by atoms with Gasteiger partial charge in [0.1, 0.15) is 0 Å². The maximum atomic E-state index is 4.54. The Morgan fingerprint density at radius 3 is 2.76 bits per heavy atom. The summed E-state index contributed by atoms with van der Waals surface area (Å²) >= 11 is 1.88. The fourth-order valence-corrected chi connectivity index (χ4v) is 3.66. The van der Waals surface area contributed by atoms with E-state index in [2.05, 4.69) is 66.6 Å². The zero-order valence-electron chi connectivity index (χ0n) is 12.5. The molecule has 0 radical (unpaired) electrons. The first-order chi connectivity index (χ1) is 10.3. The summed E-state index contributed by atoms with van der Waals surface area (Å²) in [4.78, 5) is 5.93. The number of likely N-dealkylation sites (N-methyl/N-ethyl adjacent to an activating group) is 1. The van der Waals surface area contributed by atoms with Gasteiger partial charge in [-0.15, -0.1) is 11.3 Å². The Kier molecular flexibility index (Phi) is 4.32. The molecule has 3 aromatic rings. The number of nitrogens with zero attached hydrogens (tertiary/aromatic N) is 1. The third-order valence-electron chi connectivity index (χ3n) is 3.62. The summed E-state index contributed by atoms with van der Waals surface area (Å²) in [7, 11) is 0. The molecule has 108 valence electrons. The van der Waals surface area contributed by atoms with Crippen LogP contribution in [0.1, 0.15) is 29.1 Å². The number of hydrogen-bond donors (Lipinski definition) is 1. The first kappa shape index (κ1) is 14.2. The summed E-state index contributed by atoms with van der Waals surface area (Å²) in [6.07, 6.45) is 2.88. The van der Waals surface area contributed by atoms with E-state index in [0.29, 0.717) is 6.04 Å². The van der Waals surface area contributed by atoms with Gasteiger partial charge < -0.3 is 5.32 Å². The van der Waals surface area contributed by atoms with Crippen LogP contribution in [0, 0.1) is 6.92 Å². The number of benzene rings is 1. The van der Waals surface area contributed by atoms with E-state index in [-0.39, 0.29) is 0 Å². The van der Waals surface area contributed by atoms with Crippen LogP contribution in [0.25, 0.3) is 10.1 Å². The van der Waals surface area contributed by atoms with E-state index in [9.17, 15) is 0 Å². The Bertz CT molecular complexity index is 682. The summed E-state index contributed by atoms with van der Waals surface area (Å²) < 4.78 is 1.35. The first-order valence-corrected chi connectivity index (χ1v) is 8.21. The Balaban J connectivity index is 1.87. The van der Waals surface area contributed by atoms with Crippen LogP contribution < -0.4 is 5.32 Å². The Morgan fingerprint density at radius 2 is 2.05 bits per heavy atom. The lowest BCUT2D eigenvalue weighted by Crippen LogP contribution is -2.22. The van der Waals surface area contributed by atoms with Crippen LogP contribution in [-0.2, 0) is 6.42 Å². The van der Waals surface area contributed by atoms with E-state index >= 15 is 0 Å². The summed E-state index contributed by atoms with van der Waals surface area (Å²) in [5, 5.41) is 4.92. The zero-order chi connectivity index (χ0) is 14.7. The van der Waals surface area contributed by atoms with Crippen LogP contribution in [0.15, 0.2) is 48.7 Å². The smallest absolute Gasteiger partial charge is 0.0471 e. The predicted molar refractivity (Wildman–Crippen MR) is 90.9 cm³/mol. The summed E-state index contributed by atoms with van der Waals surface area (Å²) in [6.45, 7) is 5.19. The van der Waals surface area contributed by atoms with Gasteiger partial charge in [0, 0.05) is 33.9 Å². The summed E-state index contributed by atoms with van der Waals surface area (Å²) in [5.41, 5.74) is 2.35. The van der Waals surface area contributed by atoms with E-state index in [0.717, 1.165) is 18.7 Å². The van der Waals surface area contributed by atoms with Crippen molar-refractivity contribution in [3.63, 3.8) is 0 Å². The van der Waals surface area contributed by atoms with Crippen molar-refractivity contribution in [1.82, 2.24) is 10.3 Å². The fraction of sp³-hybridized carbons (Fsp3) is 0.278. The highest BCUT2D eigenvalue weighted by molar-refractivity contribution is 7.19. The SMILES string of the molecule is CCNC(Cc1ccc(C)cn1)c1cc2ccccc2s1. The minimum atomic E-state index is 0.336. The van der Waals surface area contributed by atoms with Crippen molar-refractivity contribution >= 4 is 21.4 Å². The molecule has 0 saturated heterocycles. The molecule has 0 fully saturated rings. The molecule has 0 aliphatic heterocycles. The second kappa shape index (κ2) is 6.37. The third-order valence-corrected chi connectivity index (χ3v) is 4.85. The molecule has 1 unspecified atom stereocenters. The van der Waals surface area contributed by atoms with Gasteiger partial charge in [-0.05, 0) is 42.6 Å². The second-order valence-electron chi connectivity index (χ2n) is 5.33. The zero-order valence-corrected chi connectivity index (χ0v) is 13.3. The van der Waals surface area contributed by atoms with Gasteiger partial charge in [-0.3, -0.25) is 4.98 Å². The number of rotatable bonds is 5. The van der Waals surface area contributed by atoms with Crippen molar-refractivity contribution in [3.8, 4) is 0 Å². The van der Waals surface area contributed by atoms with Crippen molar-refractivity contribution < 1.29 is 0 Å². The number of aromatic nitrogens is 1. The average Bonchev–Trinajstić information content (AvgIpc) is 2.93. The highest BCUT2D eigenvalue weighted by Crippen LogP contribution is 2.31. The average molecular weight is 296 g/mol. The maximum absolute atomic E-state index is 4.54. The predicted octanol–water partition coefficient (Wildman–Crippen LogP) is 4.50. The lowest BCUT2D eigenvalue weighted by atomic mass is 10.1. The highest BCUT2D eigenvalue weighted by Gasteiger charge is 2.14. The molecule has 3 rings (SSSR count). The molecule has 0 saturated carbocycles. The molecule has 1 atom stereocenters. The largest absolute Gasteiger partial charge is 0.309 e. The van der Waals surface area contributed by atoms with Gasteiger partial charge in [-0.2, -0.15) is 0 Å². The molecular formula is C18H20N2S. The lowest BCUT2D eigenvalue weighted by molar-refractivity contribution is 0.552.